The van der Waals surface area contributed by atoms with Crippen molar-refractivity contribution < 1.29 is 14.2 Å². The summed E-state index contributed by atoms with van der Waals surface area (Å²) in [5, 5.41) is 3.13. The number of rotatable bonds is 5. The van der Waals surface area contributed by atoms with E-state index in [1.54, 1.807) is 7.11 Å². The second-order valence-corrected chi connectivity index (χ2v) is 4.11. The molecule has 1 unspecified atom stereocenters. The van der Waals surface area contributed by atoms with Crippen LogP contribution in [0.2, 0.25) is 0 Å². The van der Waals surface area contributed by atoms with E-state index in [0.29, 0.717) is 6.61 Å². The summed E-state index contributed by atoms with van der Waals surface area (Å²) in [6.45, 7) is 2.24. The Morgan fingerprint density at radius 3 is 3.00 bits per heavy atom. The molecule has 0 spiro atoms. The molecule has 0 aliphatic carbocycles. The quantitative estimate of drug-likeness (QED) is 0.844. The fourth-order valence-electron chi connectivity index (χ4n) is 1.91. The minimum absolute atomic E-state index is 0.180. The predicted molar refractivity (Wildman–Crippen MR) is 65.6 cm³/mol. The standard InChI is InChI=1S/C13H19NO3/c1-14-8-10-7-11(15-2)3-4-13(10)17-12-5-6-16-9-12/h3-4,7,12,14H,5-6,8-9H2,1-2H3. The maximum Gasteiger partial charge on any atom is 0.124 e. The van der Waals surface area contributed by atoms with Crippen LogP contribution in [0.4, 0.5) is 0 Å². The SMILES string of the molecule is CNCc1cc(OC)ccc1OC1CCOC1. The van der Waals surface area contributed by atoms with Gasteiger partial charge in [-0.15, -0.1) is 0 Å². The Hall–Kier alpha value is -1.26. The number of hydrogen-bond acceptors (Lipinski definition) is 4. The molecule has 0 aromatic heterocycles. The van der Waals surface area contributed by atoms with E-state index < -0.39 is 0 Å². The molecule has 0 bridgehead atoms. The summed E-state index contributed by atoms with van der Waals surface area (Å²) in [6, 6.07) is 5.88. The van der Waals surface area contributed by atoms with Crippen molar-refractivity contribution in [1.82, 2.24) is 5.32 Å². The van der Waals surface area contributed by atoms with E-state index in [0.717, 1.165) is 36.6 Å². The van der Waals surface area contributed by atoms with E-state index in [4.69, 9.17) is 14.2 Å². The highest BCUT2D eigenvalue weighted by Crippen LogP contribution is 2.26. The molecule has 4 heteroatoms. The Balaban J connectivity index is 2.12. The third-order valence-electron chi connectivity index (χ3n) is 2.82. The fraction of sp³-hybridized carbons (Fsp3) is 0.538. The normalized spacial score (nSPS) is 19.3. The van der Waals surface area contributed by atoms with E-state index >= 15 is 0 Å². The van der Waals surface area contributed by atoms with Gasteiger partial charge in [-0.05, 0) is 25.2 Å². The van der Waals surface area contributed by atoms with Gasteiger partial charge >= 0.3 is 0 Å². The van der Waals surface area contributed by atoms with Gasteiger partial charge in [-0.2, -0.15) is 0 Å². The lowest BCUT2D eigenvalue weighted by atomic mass is 10.2. The minimum Gasteiger partial charge on any atom is -0.497 e. The highest BCUT2D eigenvalue weighted by Gasteiger charge is 2.18. The summed E-state index contributed by atoms with van der Waals surface area (Å²) in [6.07, 6.45) is 1.14. The molecule has 1 atom stereocenters. The smallest absolute Gasteiger partial charge is 0.124 e. The summed E-state index contributed by atoms with van der Waals surface area (Å²) in [4.78, 5) is 0. The maximum absolute atomic E-state index is 5.94. The Kier molecular flexibility index (Phi) is 4.23. The van der Waals surface area contributed by atoms with E-state index in [-0.39, 0.29) is 6.10 Å². The van der Waals surface area contributed by atoms with E-state index in [1.807, 2.05) is 25.2 Å². The third kappa shape index (κ3) is 3.11. The van der Waals surface area contributed by atoms with Gasteiger partial charge < -0.3 is 19.5 Å². The molecular weight excluding hydrogens is 218 g/mol. The molecule has 1 aromatic carbocycles. The lowest BCUT2D eigenvalue weighted by Crippen LogP contribution is -2.17. The summed E-state index contributed by atoms with van der Waals surface area (Å²) in [5.74, 6) is 1.76. The van der Waals surface area contributed by atoms with Gasteiger partial charge in [0.2, 0.25) is 0 Å². The Bertz CT molecular complexity index is 362. The molecule has 1 aliphatic rings. The zero-order valence-electron chi connectivity index (χ0n) is 10.4. The summed E-state index contributed by atoms with van der Waals surface area (Å²) in [5.41, 5.74) is 1.11. The minimum atomic E-state index is 0.180. The van der Waals surface area contributed by atoms with Crippen molar-refractivity contribution >= 4 is 0 Å². The van der Waals surface area contributed by atoms with Crippen molar-refractivity contribution in [1.29, 1.82) is 0 Å². The van der Waals surface area contributed by atoms with Gasteiger partial charge in [0, 0.05) is 18.5 Å². The van der Waals surface area contributed by atoms with Gasteiger partial charge in [0.15, 0.2) is 0 Å². The number of ether oxygens (including phenoxy) is 3. The van der Waals surface area contributed by atoms with Gasteiger partial charge in [-0.25, -0.2) is 0 Å². The summed E-state index contributed by atoms with van der Waals surface area (Å²) in [7, 11) is 3.59. The monoisotopic (exact) mass is 237 g/mol. The number of hydrogen-bond donors (Lipinski definition) is 1. The molecule has 1 aliphatic heterocycles. The first-order valence-electron chi connectivity index (χ1n) is 5.89. The van der Waals surface area contributed by atoms with Crippen LogP contribution in [0.1, 0.15) is 12.0 Å². The lowest BCUT2D eigenvalue weighted by Gasteiger charge is -2.16. The Morgan fingerprint density at radius 2 is 2.35 bits per heavy atom. The number of nitrogens with one attached hydrogen (secondary N) is 1. The van der Waals surface area contributed by atoms with Gasteiger partial charge in [-0.1, -0.05) is 0 Å². The molecule has 94 valence electrons. The van der Waals surface area contributed by atoms with Crippen molar-refractivity contribution in [3.8, 4) is 11.5 Å². The molecule has 1 N–H and O–H groups in total. The van der Waals surface area contributed by atoms with Gasteiger partial charge in [0.1, 0.15) is 17.6 Å². The van der Waals surface area contributed by atoms with Crippen LogP contribution < -0.4 is 14.8 Å². The average molecular weight is 237 g/mol. The maximum atomic E-state index is 5.94. The zero-order chi connectivity index (χ0) is 12.1. The largest absolute Gasteiger partial charge is 0.497 e. The average Bonchev–Trinajstić information content (AvgIpc) is 2.84. The van der Waals surface area contributed by atoms with Crippen LogP contribution in [-0.4, -0.2) is 33.5 Å². The Labute approximate surface area is 102 Å². The third-order valence-corrected chi connectivity index (χ3v) is 2.82. The molecule has 4 nitrogen and oxygen atoms in total. The van der Waals surface area contributed by atoms with Crippen LogP contribution in [0.5, 0.6) is 11.5 Å². The molecule has 1 aromatic rings. The first kappa shape index (κ1) is 12.2. The summed E-state index contributed by atoms with van der Waals surface area (Å²) < 4.78 is 16.5. The van der Waals surface area contributed by atoms with Crippen LogP contribution in [-0.2, 0) is 11.3 Å². The highest BCUT2D eigenvalue weighted by molar-refractivity contribution is 5.40. The molecule has 2 rings (SSSR count). The van der Waals surface area contributed by atoms with Gasteiger partial charge in [0.25, 0.3) is 0 Å². The van der Waals surface area contributed by atoms with Crippen LogP contribution in [0.3, 0.4) is 0 Å². The second kappa shape index (κ2) is 5.89. The fourth-order valence-corrected chi connectivity index (χ4v) is 1.91. The molecule has 1 fully saturated rings. The highest BCUT2D eigenvalue weighted by atomic mass is 16.5. The van der Waals surface area contributed by atoms with E-state index in [9.17, 15) is 0 Å². The topological polar surface area (TPSA) is 39.7 Å². The molecule has 0 saturated carbocycles. The summed E-state index contributed by atoms with van der Waals surface area (Å²) >= 11 is 0. The number of benzene rings is 1. The lowest BCUT2D eigenvalue weighted by molar-refractivity contribution is 0.140. The molecule has 1 saturated heterocycles. The van der Waals surface area contributed by atoms with Crippen molar-refractivity contribution in [2.45, 2.75) is 19.1 Å². The second-order valence-electron chi connectivity index (χ2n) is 4.11. The van der Waals surface area contributed by atoms with Crippen LogP contribution in [0.15, 0.2) is 18.2 Å². The molecule has 0 amide bonds. The predicted octanol–water partition coefficient (Wildman–Crippen LogP) is 1.58. The molecule has 0 radical (unpaired) electrons. The van der Waals surface area contributed by atoms with Crippen molar-refractivity contribution in [2.75, 3.05) is 27.4 Å². The number of methoxy groups -OCH3 is 1. The zero-order valence-corrected chi connectivity index (χ0v) is 10.4. The van der Waals surface area contributed by atoms with E-state index in [1.165, 1.54) is 0 Å². The van der Waals surface area contributed by atoms with Gasteiger partial charge in [0.05, 0.1) is 20.3 Å². The van der Waals surface area contributed by atoms with E-state index in [2.05, 4.69) is 5.32 Å². The first-order valence-corrected chi connectivity index (χ1v) is 5.89. The van der Waals surface area contributed by atoms with Gasteiger partial charge in [-0.3, -0.25) is 0 Å². The molecule has 17 heavy (non-hydrogen) atoms. The Morgan fingerprint density at radius 1 is 1.47 bits per heavy atom. The van der Waals surface area contributed by atoms with Crippen LogP contribution in [0.25, 0.3) is 0 Å². The van der Waals surface area contributed by atoms with Crippen molar-refractivity contribution in [3.63, 3.8) is 0 Å². The van der Waals surface area contributed by atoms with Crippen molar-refractivity contribution in [2.24, 2.45) is 0 Å². The first-order chi connectivity index (χ1) is 8.33. The van der Waals surface area contributed by atoms with Crippen LogP contribution in [0, 0.1) is 0 Å². The van der Waals surface area contributed by atoms with Crippen molar-refractivity contribution in [3.05, 3.63) is 23.8 Å². The van der Waals surface area contributed by atoms with Crippen LogP contribution >= 0.6 is 0 Å². The molecular formula is C13H19NO3. The molecule has 1 heterocycles.